The van der Waals surface area contributed by atoms with Crippen molar-refractivity contribution in [3.63, 3.8) is 0 Å². The Balaban J connectivity index is 4.34. The summed E-state index contributed by atoms with van der Waals surface area (Å²) in [5.41, 5.74) is 0. The van der Waals surface area contributed by atoms with E-state index in [2.05, 4.69) is 31.3 Å². The van der Waals surface area contributed by atoms with Gasteiger partial charge in [0.25, 0.3) is 7.82 Å². The van der Waals surface area contributed by atoms with Gasteiger partial charge in [-0.15, -0.1) is 0 Å². The summed E-state index contributed by atoms with van der Waals surface area (Å²) in [5, 5.41) is 13.9. The number of quaternary nitrogens is 1. The van der Waals surface area contributed by atoms with Gasteiger partial charge in [-0.2, -0.15) is 0 Å². The van der Waals surface area contributed by atoms with E-state index in [0.717, 1.165) is 51.4 Å². The fourth-order valence-corrected chi connectivity index (χ4v) is 7.35. The number of phosphoric ester groups is 1. The van der Waals surface area contributed by atoms with E-state index in [1.165, 1.54) is 135 Å². The Morgan fingerprint density at radius 3 is 1.47 bits per heavy atom. The number of nitrogens with zero attached hydrogens (tertiary/aromatic N) is 1. The summed E-state index contributed by atoms with van der Waals surface area (Å²) in [5.74, 6) is -0.172. The van der Waals surface area contributed by atoms with Gasteiger partial charge in [0.05, 0.1) is 39.9 Å². The average Bonchev–Trinajstić information content (AvgIpc) is 3.10. The second-order valence-electron chi connectivity index (χ2n) is 16.8. The van der Waals surface area contributed by atoms with Gasteiger partial charge in [0.2, 0.25) is 5.91 Å². The number of rotatable bonds is 41. The number of allylic oxidation sites excluding steroid dienone is 2. The molecule has 0 heterocycles. The molecule has 53 heavy (non-hydrogen) atoms. The predicted molar refractivity (Wildman–Crippen MR) is 224 cm³/mol. The number of hydrogen-bond acceptors (Lipinski definition) is 6. The molecule has 0 saturated heterocycles. The molecular weight excluding hydrogens is 683 g/mol. The van der Waals surface area contributed by atoms with Crippen LogP contribution >= 0.6 is 7.82 Å². The molecule has 0 aromatic rings. The monoisotopic (exact) mass is 773 g/mol. The lowest BCUT2D eigenvalue weighted by Gasteiger charge is -2.30. The summed E-state index contributed by atoms with van der Waals surface area (Å²) >= 11 is 0. The van der Waals surface area contributed by atoms with Crippen LogP contribution in [-0.4, -0.2) is 68.5 Å². The Bertz CT molecular complexity index is 880. The summed E-state index contributed by atoms with van der Waals surface area (Å²) in [6.07, 6.45) is 40.7. The summed E-state index contributed by atoms with van der Waals surface area (Å²) in [6, 6.07) is -0.800. The number of likely N-dealkylation sites (N-methyl/N-ethyl adjacent to an activating group) is 1. The smallest absolute Gasteiger partial charge is 0.268 e. The number of hydrogen-bond donors (Lipinski definition) is 2. The lowest BCUT2D eigenvalue weighted by Crippen LogP contribution is -2.46. The molecule has 8 nitrogen and oxygen atoms in total. The lowest BCUT2D eigenvalue weighted by atomic mass is 10.0. The zero-order chi connectivity index (χ0) is 39.3. The third-order valence-electron chi connectivity index (χ3n) is 10.3. The van der Waals surface area contributed by atoms with Gasteiger partial charge < -0.3 is 28.8 Å². The standard InChI is InChI=1S/C44H89N2O6P/c1-6-8-10-12-14-16-18-20-21-22-23-24-26-28-30-32-34-36-38-44(48)45-42(41-52-53(49,50)51-40-39-46(3,4)5)43(47)37-35-33-31-29-27-25-19-17-15-13-11-9-7-2/h23-24,42-43,47H,6-22,25-41H2,1-5H3,(H-,45,48,49,50)/b24-23-. The van der Waals surface area contributed by atoms with Crippen molar-refractivity contribution >= 4 is 13.7 Å². The number of amides is 1. The van der Waals surface area contributed by atoms with Crippen LogP contribution in [-0.2, 0) is 18.4 Å². The maximum absolute atomic E-state index is 12.9. The largest absolute Gasteiger partial charge is 0.756 e. The lowest BCUT2D eigenvalue weighted by molar-refractivity contribution is -0.870. The van der Waals surface area contributed by atoms with E-state index in [4.69, 9.17) is 9.05 Å². The topological polar surface area (TPSA) is 108 Å². The van der Waals surface area contributed by atoms with Crippen molar-refractivity contribution in [2.75, 3.05) is 40.9 Å². The Kier molecular flexibility index (Phi) is 36.3. The summed E-state index contributed by atoms with van der Waals surface area (Å²) in [6.45, 7) is 4.72. The first-order valence-corrected chi connectivity index (χ1v) is 24.0. The zero-order valence-corrected chi connectivity index (χ0v) is 36.6. The van der Waals surface area contributed by atoms with Crippen LogP contribution in [0.15, 0.2) is 12.2 Å². The van der Waals surface area contributed by atoms with Gasteiger partial charge in [0.1, 0.15) is 13.2 Å². The zero-order valence-electron chi connectivity index (χ0n) is 35.7. The molecule has 316 valence electrons. The third kappa shape index (κ3) is 39.3. The van der Waals surface area contributed by atoms with Gasteiger partial charge in [-0.1, -0.05) is 180 Å². The van der Waals surface area contributed by atoms with Gasteiger partial charge in [0.15, 0.2) is 0 Å². The molecule has 0 bridgehead atoms. The van der Waals surface area contributed by atoms with E-state index < -0.39 is 20.0 Å². The number of phosphoric acid groups is 1. The van der Waals surface area contributed by atoms with Crippen LogP contribution in [0.25, 0.3) is 0 Å². The van der Waals surface area contributed by atoms with Crippen molar-refractivity contribution in [3.05, 3.63) is 12.2 Å². The first kappa shape index (κ1) is 52.2. The highest BCUT2D eigenvalue weighted by molar-refractivity contribution is 7.45. The Labute approximate surface area is 329 Å². The van der Waals surface area contributed by atoms with Crippen LogP contribution in [0.3, 0.4) is 0 Å². The average molecular weight is 773 g/mol. The molecular formula is C44H89N2O6P. The minimum Gasteiger partial charge on any atom is -0.756 e. The van der Waals surface area contributed by atoms with Crippen molar-refractivity contribution in [3.8, 4) is 0 Å². The minimum absolute atomic E-state index is 0.0124. The molecule has 0 fully saturated rings. The highest BCUT2D eigenvalue weighted by atomic mass is 31.2. The SMILES string of the molecule is CCCCCCCCCCC/C=C\CCCCCCCC(=O)NC(COP(=O)([O-])OCC[N+](C)(C)C)C(O)CCCCCCCCCCCCCCC. The summed E-state index contributed by atoms with van der Waals surface area (Å²) in [4.78, 5) is 25.3. The Morgan fingerprint density at radius 1 is 0.642 bits per heavy atom. The van der Waals surface area contributed by atoms with Crippen molar-refractivity contribution < 1.29 is 32.9 Å². The number of unbranched alkanes of at least 4 members (excludes halogenated alkanes) is 26. The molecule has 0 aromatic heterocycles. The van der Waals surface area contributed by atoms with Crippen molar-refractivity contribution in [1.29, 1.82) is 0 Å². The van der Waals surface area contributed by atoms with Gasteiger partial charge in [-0.25, -0.2) is 0 Å². The van der Waals surface area contributed by atoms with Gasteiger partial charge in [-0.05, 0) is 38.5 Å². The number of carbonyl (C=O) groups is 1. The Hall–Kier alpha value is -0.760. The number of nitrogens with one attached hydrogen (secondary N) is 1. The third-order valence-corrected chi connectivity index (χ3v) is 11.2. The van der Waals surface area contributed by atoms with Crippen LogP contribution in [0.1, 0.15) is 213 Å². The van der Waals surface area contributed by atoms with Crippen LogP contribution in [0, 0.1) is 0 Å². The van der Waals surface area contributed by atoms with Crippen LogP contribution in [0.2, 0.25) is 0 Å². The molecule has 3 atom stereocenters. The minimum atomic E-state index is -4.56. The number of aliphatic hydroxyl groups is 1. The second-order valence-corrected chi connectivity index (χ2v) is 18.2. The van der Waals surface area contributed by atoms with E-state index in [1.54, 1.807) is 0 Å². The first-order valence-electron chi connectivity index (χ1n) is 22.5. The van der Waals surface area contributed by atoms with Crippen molar-refractivity contribution in [2.45, 2.75) is 225 Å². The number of aliphatic hydroxyl groups excluding tert-OH is 1. The van der Waals surface area contributed by atoms with Crippen molar-refractivity contribution in [1.82, 2.24) is 5.32 Å². The number of carbonyl (C=O) groups excluding carboxylic acids is 1. The van der Waals surface area contributed by atoms with Gasteiger partial charge in [-0.3, -0.25) is 9.36 Å². The molecule has 0 saturated carbocycles. The van der Waals surface area contributed by atoms with Crippen molar-refractivity contribution in [2.24, 2.45) is 0 Å². The summed E-state index contributed by atoms with van der Waals surface area (Å²) in [7, 11) is 1.30. The van der Waals surface area contributed by atoms with Crippen LogP contribution in [0.5, 0.6) is 0 Å². The molecule has 9 heteroatoms. The quantitative estimate of drug-likeness (QED) is 0.0277. The van der Waals surface area contributed by atoms with Crippen LogP contribution < -0.4 is 10.2 Å². The fraction of sp³-hybridized carbons (Fsp3) is 0.932. The van der Waals surface area contributed by atoms with E-state index in [-0.39, 0.29) is 19.1 Å². The highest BCUT2D eigenvalue weighted by Gasteiger charge is 2.24. The van der Waals surface area contributed by atoms with E-state index in [0.29, 0.717) is 23.9 Å². The Morgan fingerprint density at radius 2 is 1.04 bits per heavy atom. The molecule has 0 radical (unpaired) electrons. The molecule has 0 rings (SSSR count). The van der Waals surface area contributed by atoms with Crippen LogP contribution in [0.4, 0.5) is 0 Å². The highest BCUT2D eigenvalue weighted by Crippen LogP contribution is 2.38. The summed E-state index contributed by atoms with van der Waals surface area (Å²) < 4.78 is 23.2. The molecule has 0 aliphatic rings. The van der Waals surface area contributed by atoms with E-state index in [1.807, 2.05) is 21.1 Å². The van der Waals surface area contributed by atoms with E-state index in [9.17, 15) is 19.4 Å². The predicted octanol–water partition coefficient (Wildman–Crippen LogP) is 11.7. The molecule has 1 amide bonds. The van der Waals surface area contributed by atoms with Gasteiger partial charge in [0, 0.05) is 6.42 Å². The molecule has 0 aliphatic carbocycles. The normalized spacial score (nSPS) is 14.5. The molecule has 3 unspecified atom stereocenters. The molecule has 0 spiro atoms. The molecule has 2 N–H and O–H groups in total. The first-order chi connectivity index (χ1) is 25.5. The fourth-order valence-electron chi connectivity index (χ4n) is 6.62. The molecule has 0 aromatic carbocycles. The maximum Gasteiger partial charge on any atom is 0.268 e. The van der Waals surface area contributed by atoms with Gasteiger partial charge >= 0.3 is 0 Å². The molecule has 0 aliphatic heterocycles. The van der Waals surface area contributed by atoms with E-state index >= 15 is 0 Å². The maximum atomic E-state index is 12.9. The second kappa shape index (κ2) is 36.9.